The van der Waals surface area contributed by atoms with Crippen molar-refractivity contribution in [1.82, 2.24) is 25.8 Å². The number of likely N-dealkylation sites (N-methyl/N-ethyl adjacent to an activating group) is 1. The molecule has 3 heterocycles. The lowest BCUT2D eigenvalue weighted by atomic mass is 9.79. The van der Waals surface area contributed by atoms with Gasteiger partial charge in [0.05, 0.1) is 19.3 Å². The molecule has 2 unspecified atom stereocenters. The molecule has 9 nitrogen and oxygen atoms in total. The number of hydrogen-bond acceptors (Lipinski definition) is 5. The number of rotatable bonds is 4. The van der Waals surface area contributed by atoms with Crippen LogP contribution in [0, 0.1) is 5.92 Å². The highest BCUT2D eigenvalue weighted by Crippen LogP contribution is 2.30. The standard InChI is InChI=1S/C18H32N6O3/c1-4-19-16(20-11-14-12-23(3)9-10-27-14)24-7-5-13(6-8-24)18(2)15(25)21-17(26)22-18/h13-14H,4-12H2,1-3H3,(H,19,20)(H2,21,22,25,26). The van der Waals surface area contributed by atoms with Gasteiger partial charge < -0.3 is 25.2 Å². The quantitative estimate of drug-likeness (QED) is 0.349. The summed E-state index contributed by atoms with van der Waals surface area (Å²) in [5.41, 5.74) is -0.806. The molecule has 0 radical (unpaired) electrons. The van der Waals surface area contributed by atoms with Crippen molar-refractivity contribution in [2.45, 2.75) is 38.3 Å². The van der Waals surface area contributed by atoms with E-state index in [1.165, 1.54) is 0 Å². The van der Waals surface area contributed by atoms with E-state index in [2.05, 4.69) is 39.7 Å². The van der Waals surface area contributed by atoms with Crippen LogP contribution in [0.1, 0.15) is 26.7 Å². The van der Waals surface area contributed by atoms with Gasteiger partial charge in [-0.1, -0.05) is 0 Å². The fraction of sp³-hybridized carbons (Fsp3) is 0.833. The van der Waals surface area contributed by atoms with E-state index in [-0.39, 0.29) is 17.9 Å². The lowest BCUT2D eigenvalue weighted by Gasteiger charge is -2.40. The minimum Gasteiger partial charge on any atom is -0.374 e. The van der Waals surface area contributed by atoms with Crippen molar-refractivity contribution in [2.24, 2.45) is 10.9 Å². The second kappa shape index (κ2) is 8.43. The van der Waals surface area contributed by atoms with Gasteiger partial charge in [0.15, 0.2) is 5.96 Å². The summed E-state index contributed by atoms with van der Waals surface area (Å²) < 4.78 is 5.80. The first-order valence-corrected chi connectivity index (χ1v) is 9.89. The molecule has 0 bridgehead atoms. The molecule has 0 aromatic rings. The molecular formula is C18H32N6O3. The molecule has 3 amide bonds. The highest BCUT2D eigenvalue weighted by Gasteiger charge is 2.48. The number of likely N-dealkylation sites (tertiary alicyclic amines) is 1. The van der Waals surface area contributed by atoms with Crippen molar-refractivity contribution in [3.8, 4) is 0 Å². The Labute approximate surface area is 160 Å². The van der Waals surface area contributed by atoms with Crippen LogP contribution < -0.4 is 16.0 Å². The average Bonchev–Trinajstić information content (AvgIpc) is 2.91. The van der Waals surface area contributed by atoms with Crippen molar-refractivity contribution in [2.75, 3.05) is 52.9 Å². The first-order chi connectivity index (χ1) is 12.9. The second-order valence-electron chi connectivity index (χ2n) is 7.82. The zero-order valence-corrected chi connectivity index (χ0v) is 16.6. The first kappa shape index (κ1) is 19.9. The van der Waals surface area contributed by atoms with E-state index in [0.29, 0.717) is 6.54 Å². The minimum atomic E-state index is -0.806. The molecule has 0 aromatic heterocycles. The number of nitrogens with one attached hydrogen (secondary N) is 3. The van der Waals surface area contributed by atoms with Crippen LogP contribution in [-0.2, 0) is 9.53 Å². The van der Waals surface area contributed by atoms with Crippen LogP contribution >= 0.6 is 0 Å². The number of imide groups is 1. The number of carbonyl (C=O) groups is 2. The summed E-state index contributed by atoms with van der Waals surface area (Å²) in [7, 11) is 2.10. The van der Waals surface area contributed by atoms with Crippen LogP contribution in [0.3, 0.4) is 0 Å². The smallest absolute Gasteiger partial charge is 0.322 e. The monoisotopic (exact) mass is 380 g/mol. The molecular weight excluding hydrogens is 348 g/mol. The molecule has 9 heteroatoms. The Morgan fingerprint density at radius 2 is 2.07 bits per heavy atom. The minimum absolute atomic E-state index is 0.124. The molecule has 152 valence electrons. The number of aliphatic imine (C=N–C) groups is 1. The largest absolute Gasteiger partial charge is 0.374 e. The summed E-state index contributed by atoms with van der Waals surface area (Å²) in [5.74, 6) is 0.807. The van der Waals surface area contributed by atoms with Gasteiger partial charge in [-0.15, -0.1) is 0 Å². The zero-order valence-electron chi connectivity index (χ0n) is 16.6. The van der Waals surface area contributed by atoms with E-state index >= 15 is 0 Å². The number of urea groups is 1. The van der Waals surface area contributed by atoms with Gasteiger partial charge in [-0.2, -0.15) is 0 Å². The summed E-state index contributed by atoms with van der Waals surface area (Å²) in [6.45, 7) is 9.57. The van der Waals surface area contributed by atoms with E-state index < -0.39 is 11.6 Å². The van der Waals surface area contributed by atoms with Gasteiger partial charge in [-0.3, -0.25) is 15.1 Å². The third-order valence-electron chi connectivity index (χ3n) is 5.80. The Hall–Kier alpha value is -1.87. The molecule has 0 aliphatic carbocycles. The van der Waals surface area contributed by atoms with Gasteiger partial charge in [0.1, 0.15) is 5.54 Å². The molecule has 27 heavy (non-hydrogen) atoms. The summed E-state index contributed by atoms with van der Waals surface area (Å²) >= 11 is 0. The van der Waals surface area contributed by atoms with Crippen LogP contribution in [0.25, 0.3) is 0 Å². The van der Waals surface area contributed by atoms with Gasteiger partial charge >= 0.3 is 6.03 Å². The van der Waals surface area contributed by atoms with E-state index in [1.807, 2.05) is 6.92 Å². The highest BCUT2D eigenvalue weighted by atomic mass is 16.5. The number of ether oxygens (including phenoxy) is 1. The van der Waals surface area contributed by atoms with Crippen LogP contribution in [0.5, 0.6) is 0 Å². The Balaban J connectivity index is 1.57. The van der Waals surface area contributed by atoms with E-state index in [9.17, 15) is 9.59 Å². The average molecular weight is 380 g/mol. The van der Waals surface area contributed by atoms with Crippen molar-refractivity contribution in [3.05, 3.63) is 0 Å². The van der Waals surface area contributed by atoms with Crippen LogP contribution in [-0.4, -0.2) is 92.3 Å². The molecule has 3 aliphatic heterocycles. The predicted molar refractivity (Wildman–Crippen MR) is 103 cm³/mol. The molecule has 0 spiro atoms. The Morgan fingerprint density at radius 1 is 1.33 bits per heavy atom. The normalized spacial score (nSPS) is 31.0. The molecule has 0 aromatic carbocycles. The Morgan fingerprint density at radius 3 is 2.67 bits per heavy atom. The van der Waals surface area contributed by atoms with Gasteiger partial charge in [-0.25, -0.2) is 4.79 Å². The third kappa shape index (κ3) is 4.52. The summed E-state index contributed by atoms with van der Waals surface area (Å²) in [6, 6.07) is -0.391. The molecule has 3 rings (SSSR count). The summed E-state index contributed by atoms with van der Waals surface area (Å²) in [5, 5.41) is 8.54. The van der Waals surface area contributed by atoms with E-state index in [1.54, 1.807) is 0 Å². The molecule has 3 fully saturated rings. The van der Waals surface area contributed by atoms with Crippen molar-refractivity contribution >= 4 is 17.9 Å². The van der Waals surface area contributed by atoms with Gasteiger partial charge in [0.2, 0.25) is 0 Å². The maximum atomic E-state index is 12.2. The fourth-order valence-electron chi connectivity index (χ4n) is 4.10. The third-order valence-corrected chi connectivity index (χ3v) is 5.80. The fourth-order valence-corrected chi connectivity index (χ4v) is 4.10. The lowest BCUT2D eigenvalue weighted by Crippen LogP contribution is -2.55. The number of hydrogen-bond donors (Lipinski definition) is 3. The molecule has 0 saturated carbocycles. The van der Waals surface area contributed by atoms with E-state index in [0.717, 1.165) is 58.1 Å². The topological polar surface area (TPSA) is 98.3 Å². The van der Waals surface area contributed by atoms with Crippen LogP contribution in [0.4, 0.5) is 4.79 Å². The predicted octanol–water partition coefficient (Wildman–Crippen LogP) is -0.407. The number of morpholine rings is 1. The molecule has 3 aliphatic rings. The number of piperidine rings is 1. The van der Waals surface area contributed by atoms with Crippen molar-refractivity contribution in [1.29, 1.82) is 0 Å². The van der Waals surface area contributed by atoms with Crippen molar-refractivity contribution in [3.63, 3.8) is 0 Å². The second-order valence-corrected chi connectivity index (χ2v) is 7.82. The Kier molecular flexibility index (Phi) is 6.21. The lowest BCUT2D eigenvalue weighted by molar-refractivity contribution is -0.125. The molecule has 3 saturated heterocycles. The zero-order chi connectivity index (χ0) is 19.4. The first-order valence-electron chi connectivity index (χ1n) is 9.89. The molecule has 3 N–H and O–H groups in total. The van der Waals surface area contributed by atoms with Gasteiger partial charge in [0, 0.05) is 32.7 Å². The van der Waals surface area contributed by atoms with Crippen LogP contribution in [0.2, 0.25) is 0 Å². The SMILES string of the molecule is CCNC(=NCC1CN(C)CCO1)N1CCC(C2(C)NC(=O)NC2=O)CC1. The molecule has 2 atom stereocenters. The van der Waals surface area contributed by atoms with Crippen LogP contribution in [0.15, 0.2) is 4.99 Å². The van der Waals surface area contributed by atoms with E-state index in [4.69, 9.17) is 9.73 Å². The Bertz CT molecular complexity index is 590. The number of nitrogens with zero attached hydrogens (tertiary/aromatic N) is 3. The maximum absolute atomic E-state index is 12.2. The maximum Gasteiger partial charge on any atom is 0.322 e. The summed E-state index contributed by atoms with van der Waals surface area (Å²) in [6.07, 6.45) is 1.79. The number of carbonyl (C=O) groups excluding carboxylic acids is 2. The highest BCUT2D eigenvalue weighted by molar-refractivity contribution is 6.07. The van der Waals surface area contributed by atoms with Gasteiger partial charge in [0.25, 0.3) is 5.91 Å². The number of guanidine groups is 1. The summed E-state index contributed by atoms with van der Waals surface area (Å²) in [4.78, 5) is 33.0. The number of amides is 3. The van der Waals surface area contributed by atoms with Crippen molar-refractivity contribution < 1.29 is 14.3 Å². The van der Waals surface area contributed by atoms with Gasteiger partial charge in [-0.05, 0) is 39.7 Å².